The van der Waals surface area contributed by atoms with Crippen LogP contribution in [0.15, 0.2) is 57.7 Å². The Morgan fingerprint density at radius 2 is 2.00 bits per heavy atom. The Morgan fingerprint density at radius 3 is 2.76 bits per heavy atom. The van der Waals surface area contributed by atoms with Gasteiger partial charge in [-0.3, -0.25) is 4.79 Å². The molecule has 1 amide bonds. The molecule has 6 nitrogen and oxygen atoms in total. The van der Waals surface area contributed by atoms with Crippen molar-refractivity contribution in [1.29, 1.82) is 0 Å². The van der Waals surface area contributed by atoms with Crippen molar-refractivity contribution >= 4 is 17.0 Å². The molecule has 29 heavy (non-hydrogen) atoms. The molecule has 146 valence electrons. The molecular formula is C23H21N3O3. The van der Waals surface area contributed by atoms with E-state index in [1.54, 1.807) is 18.4 Å². The second-order valence-electron chi connectivity index (χ2n) is 7.55. The van der Waals surface area contributed by atoms with Crippen LogP contribution in [-0.4, -0.2) is 27.5 Å². The summed E-state index contributed by atoms with van der Waals surface area (Å²) in [5.74, 6) is 0.561. The number of benzene rings is 1. The first-order valence-electron chi connectivity index (χ1n) is 9.80. The van der Waals surface area contributed by atoms with Gasteiger partial charge in [0, 0.05) is 6.54 Å². The maximum absolute atomic E-state index is 13.7. The molecule has 0 unspecified atom stereocenters. The van der Waals surface area contributed by atoms with Gasteiger partial charge in [0.25, 0.3) is 11.6 Å². The largest absolute Gasteiger partial charge is 0.463 e. The molecule has 0 bridgehead atoms. The summed E-state index contributed by atoms with van der Waals surface area (Å²) in [7, 11) is 0. The summed E-state index contributed by atoms with van der Waals surface area (Å²) in [5.41, 5.74) is 4.51. The average molecular weight is 387 g/mol. The van der Waals surface area contributed by atoms with Crippen molar-refractivity contribution in [1.82, 2.24) is 15.0 Å². The summed E-state index contributed by atoms with van der Waals surface area (Å²) in [4.78, 5) is 20.1. The Bertz CT molecular complexity index is 1180. The quantitative estimate of drug-likeness (QED) is 0.490. The highest BCUT2D eigenvalue weighted by Crippen LogP contribution is 2.35. The first kappa shape index (κ1) is 17.7. The summed E-state index contributed by atoms with van der Waals surface area (Å²) in [6, 6.07) is 13.9. The third-order valence-electron chi connectivity index (χ3n) is 5.60. The fourth-order valence-corrected chi connectivity index (χ4v) is 4.11. The normalized spacial score (nSPS) is 16.6. The molecule has 1 saturated heterocycles. The summed E-state index contributed by atoms with van der Waals surface area (Å²) < 4.78 is 10.9. The molecule has 0 N–H and O–H groups in total. The molecule has 0 saturated carbocycles. The van der Waals surface area contributed by atoms with Gasteiger partial charge in [-0.15, -0.1) is 0 Å². The van der Waals surface area contributed by atoms with Crippen molar-refractivity contribution in [3.63, 3.8) is 0 Å². The SMILES string of the molecule is Cc1ccc([C@H]2CCCN2C(=O)c2cc(-c3ccco3)nc3onc(C)c23)cc1. The number of carbonyl (C=O) groups is 1. The molecule has 4 heterocycles. The zero-order chi connectivity index (χ0) is 20.0. The summed E-state index contributed by atoms with van der Waals surface area (Å²) in [6.45, 7) is 4.62. The van der Waals surface area contributed by atoms with Crippen LogP contribution in [0.25, 0.3) is 22.6 Å². The van der Waals surface area contributed by atoms with Crippen molar-refractivity contribution in [3.8, 4) is 11.5 Å². The van der Waals surface area contributed by atoms with Crippen LogP contribution in [0.4, 0.5) is 0 Å². The van der Waals surface area contributed by atoms with Crippen molar-refractivity contribution in [3.05, 3.63) is 71.1 Å². The Hall–Kier alpha value is -3.41. The van der Waals surface area contributed by atoms with Gasteiger partial charge >= 0.3 is 0 Å². The fraction of sp³-hybridized carbons (Fsp3) is 0.261. The molecule has 1 aliphatic heterocycles. The second kappa shape index (κ2) is 6.88. The summed E-state index contributed by atoms with van der Waals surface area (Å²) in [6.07, 6.45) is 3.52. The third kappa shape index (κ3) is 3.01. The molecule has 0 radical (unpaired) electrons. The Balaban J connectivity index is 1.59. The molecule has 1 aliphatic rings. The number of aromatic nitrogens is 2. The predicted octanol–water partition coefficient (Wildman–Crippen LogP) is 5.08. The number of furan rings is 1. The molecule has 3 aromatic heterocycles. The predicted molar refractivity (Wildman–Crippen MR) is 108 cm³/mol. The van der Waals surface area contributed by atoms with Crippen molar-refractivity contribution in [2.24, 2.45) is 0 Å². The standard InChI is InChI=1S/C23H21N3O3/c1-14-7-9-16(10-8-14)19-5-3-11-26(19)23(27)17-13-18(20-6-4-12-28-20)24-22-21(17)15(2)25-29-22/h4,6-10,12-13,19H,3,5,11H2,1-2H3/t19-/m1/s1. The lowest BCUT2D eigenvalue weighted by molar-refractivity contribution is 0.0737. The van der Waals surface area contributed by atoms with Gasteiger partial charge in [-0.1, -0.05) is 35.0 Å². The van der Waals surface area contributed by atoms with Crippen LogP contribution in [0.3, 0.4) is 0 Å². The second-order valence-corrected chi connectivity index (χ2v) is 7.55. The van der Waals surface area contributed by atoms with E-state index in [1.165, 1.54) is 11.1 Å². The first-order chi connectivity index (χ1) is 14.1. The van der Waals surface area contributed by atoms with E-state index in [1.807, 2.05) is 17.9 Å². The van der Waals surface area contributed by atoms with Crippen LogP contribution in [-0.2, 0) is 0 Å². The van der Waals surface area contributed by atoms with Crippen molar-refractivity contribution in [2.45, 2.75) is 32.7 Å². The van der Waals surface area contributed by atoms with E-state index in [2.05, 4.69) is 41.3 Å². The van der Waals surface area contributed by atoms with E-state index in [0.717, 1.165) is 19.4 Å². The molecule has 4 aromatic rings. The summed E-state index contributed by atoms with van der Waals surface area (Å²) in [5, 5.41) is 4.70. The van der Waals surface area contributed by atoms with Gasteiger partial charge in [-0.25, -0.2) is 4.98 Å². The minimum atomic E-state index is -0.0282. The van der Waals surface area contributed by atoms with Crippen molar-refractivity contribution < 1.29 is 13.7 Å². The lowest BCUT2D eigenvalue weighted by atomic mass is 10.0. The van der Waals surface area contributed by atoms with E-state index >= 15 is 0 Å². The average Bonchev–Trinajstić information content (AvgIpc) is 3.49. The monoisotopic (exact) mass is 387 g/mol. The maximum atomic E-state index is 13.7. The third-order valence-corrected chi connectivity index (χ3v) is 5.60. The van der Waals surface area contributed by atoms with Crippen LogP contribution < -0.4 is 0 Å². The van der Waals surface area contributed by atoms with E-state index in [4.69, 9.17) is 8.94 Å². The molecule has 1 fully saturated rings. The highest BCUT2D eigenvalue weighted by atomic mass is 16.5. The Kier molecular flexibility index (Phi) is 4.19. The molecular weight excluding hydrogens is 366 g/mol. The minimum absolute atomic E-state index is 0.0282. The van der Waals surface area contributed by atoms with Gasteiger partial charge in [-0.2, -0.15) is 0 Å². The Morgan fingerprint density at radius 1 is 1.17 bits per heavy atom. The summed E-state index contributed by atoms with van der Waals surface area (Å²) >= 11 is 0. The van der Waals surface area contributed by atoms with Crippen LogP contribution in [0, 0.1) is 13.8 Å². The molecule has 0 aliphatic carbocycles. The maximum Gasteiger partial charge on any atom is 0.259 e. The lowest BCUT2D eigenvalue weighted by Gasteiger charge is -2.25. The number of rotatable bonds is 3. The van der Waals surface area contributed by atoms with Gasteiger partial charge in [0.05, 0.1) is 28.9 Å². The number of fused-ring (bicyclic) bond motifs is 1. The zero-order valence-corrected chi connectivity index (χ0v) is 16.4. The van der Waals surface area contributed by atoms with Crippen LogP contribution in [0.2, 0.25) is 0 Å². The number of carbonyl (C=O) groups excluding carboxylic acids is 1. The molecule has 1 aromatic carbocycles. The van der Waals surface area contributed by atoms with Gasteiger partial charge in [0.2, 0.25) is 0 Å². The number of likely N-dealkylation sites (tertiary alicyclic amines) is 1. The van der Waals surface area contributed by atoms with Gasteiger partial charge in [0.15, 0.2) is 5.76 Å². The van der Waals surface area contributed by atoms with Crippen LogP contribution in [0.1, 0.15) is 46.1 Å². The number of hydrogen-bond donors (Lipinski definition) is 0. The number of pyridine rings is 1. The van der Waals surface area contributed by atoms with E-state index in [0.29, 0.717) is 33.8 Å². The van der Waals surface area contributed by atoms with E-state index in [9.17, 15) is 4.79 Å². The zero-order valence-electron chi connectivity index (χ0n) is 16.4. The fourth-order valence-electron chi connectivity index (χ4n) is 4.11. The topological polar surface area (TPSA) is 72.4 Å². The van der Waals surface area contributed by atoms with Gasteiger partial charge < -0.3 is 13.8 Å². The lowest BCUT2D eigenvalue weighted by Crippen LogP contribution is -2.30. The number of nitrogens with zero attached hydrogens (tertiary/aromatic N) is 3. The van der Waals surface area contributed by atoms with Crippen LogP contribution >= 0.6 is 0 Å². The molecule has 5 rings (SSSR count). The van der Waals surface area contributed by atoms with Crippen molar-refractivity contribution in [2.75, 3.05) is 6.54 Å². The molecule has 6 heteroatoms. The Labute approximate surface area is 168 Å². The van der Waals surface area contributed by atoms with Gasteiger partial charge in [0.1, 0.15) is 5.69 Å². The van der Waals surface area contributed by atoms with E-state index in [-0.39, 0.29) is 11.9 Å². The van der Waals surface area contributed by atoms with E-state index < -0.39 is 0 Å². The minimum Gasteiger partial charge on any atom is -0.463 e. The number of amides is 1. The molecule has 1 atom stereocenters. The highest BCUT2D eigenvalue weighted by Gasteiger charge is 2.32. The first-order valence-corrected chi connectivity index (χ1v) is 9.80. The van der Waals surface area contributed by atoms with Crippen LogP contribution in [0.5, 0.6) is 0 Å². The smallest absolute Gasteiger partial charge is 0.259 e. The highest BCUT2D eigenvalue weighted by molar-refractivity contribution is 6.07. The number of hydrogen-bond acceptors (Lipinski definition) is 5. The van der Waals surface area contributed by atoms with Gasteiger partial charge in [-0.05, 0) is 50.5 Å². The molecule has 0 spiro atoms. The number of aryl methyl sites for hydroxylation is 2.